The molecule has 0 atom stereocenters. The first-order valence-electron chi connectivity index (χ1n) is 7.80. The molecular formula is C17H30IN3O. The Morgan fingerprint density at radius 2 is 2.00 bits per heavy atom. The maximum atomic E-state index is 5.34. The Hall–Kier alpha value is -0.820. The highest BCUT2D eigenvalue weighted by atomic mass is 127. The van der Waals surface area contributed by atoms with E-state index in [-0.39, 0.29) is 24.0 Å². The van der Waals surface area contributed by atoms with Crippen molar-refractivity contribution in [2.24, 2.45) is 4.99 Å². The molecule has 0 saturated heterocycles. The second kappa shape index (κ2) is 12.7. The third kappa shape index (κ3) is 7.98. The number of guanidine groups is 1. The fourth-order valence-corrected chi connectivity index (χ4v) is 2.08. The minimum atomic E-state index is 0. The maximum absolute atomic E-state index is 5.34. The summed E-state index contributed by atoms with van der Waals surface area (Å²) in [5, 5.41) is 3.35. The molecule has 0 heterocycles. The Morgan fingerprint density at radius 1 is 1.27 bits per heavy atom. The van der Waals surface area contributed by atoms with E-state index in [0.717, 1.165) is 45.2 Å². The lowest BCUT2D eigenvalue weighted by Gasteiger charge is -2.23. The minimum absolute atomic E-state index is 0. The molecule has 0 aromatic heterocycles. The standard InChI is InChI=1S/C17H29N3O.HI/c1-5-18-17(19-12-9-13-21-6-2)20(4)14-16-11-8-7-10-15(16)3;/h7-8,10-11H,5-6,9,12-14H2,1-4H3,(H,18,19);1H. The van der Waals surface area contributed by atoms with Crippen LogP contribution in [0.2, 0.25) is 0 Å². The molecule has 4 nitrogen and oxygen atoms in total. The highest BCUT2D eigenvalue weighted by Gasteiger charge is 2.07. The van der Waals surface area contributed by atoms with Gasteiger partial charge in [0.1, 0.15) is 0 Å². The van der Waals surface area contributed by atoms with Gasteiger partial charge in [-0.25, -0.2) is 0 Å². The summed E-state index contributed by atoms with van der Waals surface area (Å²) in [4.78, 5) is 6.84. The van der Waals surface area contributed by atoms with E-state index in [2.05, 4.69) is 60.4 Å². The summed E-state index contributed by atoms with van der Waals surface area (Å²) in [5.41, 5.74) is 2.65. The number of rotatable bonds is 8. The average Bonchev–Trinajstić information content (AvgIpc) is 2.48. The van der Waals surface area contributed by atoms with Gasteiger partial charge in [-0.1, -0.05) is 24.3 Å². The Morgan fingerprint density at radius 3 is 2.64 bits per heavy atom. The van der Waals surface area contributed by atoms with Crippen LogP contribution in [0, 0.1) is 6.92 Å². The summed E-state index contributed by atoms with van der Waals surface area (Å²) in [6.45, 7) is 10.3. The Bertz CT molecular complexity index is 438. The van der Waals surface area contributed by atoms with Crippen molar-refractivity contribution in [3.8, 4) is 0 Å². The highest BCUT2D eigenvalue weighted by Crippen LogP contribution is 2.09. The number of hydrogen-bond acceptors (Lipinski definition) is 2. The summed E-state index contributed by atoms with van der Waals surface area (Å²) in [5.74, 6) is 0.956. The van der Waals surface area contributed by atoms with Crippen LogP contribution in [0.15, 0.2) is 29.3 Å². The van der Waals surface area contributed by atoms with Gasteiger partial charge >= 0.3 is 0 Å². The summed E-state index contributed by atoms with van der Waals surface area (Å²) < 4.78 is 5.34. The van der Waals surface area contributed by atoms with E-state index in [1.165, 1.54) is 11.1 Å². The smallest absolute Gasteiger partial charge is 0.193 e. The van der Waals surface area contributed by atoms with Gasteiger partial charge in [-0.15, -0.1) is 24.0 Å². The van der Waals surface area contributed by atoms with E-state index in [4.69, 9.17) is 4.74 Å². The first kappa shape index (κ1) is 21.2. The molecule has 0 aliphatic carbocycles. The molecule has 0 saturated carbocycles. The predicted octanol–water partition coefficient (Wildman–Crippen LogP) is 3.44. The molecule has 0 bridgehead atoms. The van der Waals surface area contributed by atoms with Crippen LogP contribution in [0.4, 0.5) is 0 Å². The van der Waals surface area contributed by atoms with Crippen LogP contribution in [-0.4, -0.2) is 44.2 Å². The van der Waals surface area contributed by atoms with Crippen LogP contribution in [0.3, 0.4) is 0 Å². The van der Waals surface area contributed by atoms with E-state index >= 15 is 0 Å². The fourth-order valence-electron chi connectivity index (χ4n) is 2.08. The van der Waals surface area contributed by atoms with Gasteiger partial charge in [0.05, 0.1) is 0 Å². The van der Waals surface area contributed by atoms with Crippen molar-refractivity contribution in [2.75, 3.05) is 33.4 Å². The lowest BCUT2D eigenvalue weighted by atomic mass is 10.1. The number of ether oxygens (including phenoxy) is 1. The monoisotopic (exact) mass is 419 g/mol. The van der Waals surface area contributed by atoms with Crippen molar-refractivity contribution in [3.05, 3.63) is 35.4 Å². The van der Waals surface area contributed by atoms with Gasteiger partial charge in [0.25, 0.3) is 0 Å². The van der Waals surface area contributed by atoms with Crippen molar-refractivity contribution in [3.63, 3.8) is 0 Å². The van der Waals surface area contributed by atoms with Gasteiger partial charge < -0.3 is 15.0 Å². The SMILES string of the molecule is CCNC(=NCCCOCC)N(C)Cc1ccccc1C.I. The van der Waals surface area contributed by atoms with Crippen LogP contribution >= 0.6 is 24.0 Å². The molecule has 5 heteroatoms. The second-order valence-electron chi connectivity index (χ2n) is 5.07. The first-order valence-corrected chi connectivity index (χ1v) is 7.80. The van der Waals surface area contributed by atoms with Crippen LogP contribution in [0.5, 0.6) is 0 Å². The number of nitrogens with zero attached hydrogens (tertiary/aromatic N) is 2. The second-order valence-corrected chi connectivity index (χ2v) is 5.07. The molecular weight excluding hydrogens is 389 g/mol. The largest absolute Gasteiger partial charge is 0.382 e. The molecule has 0 amide bonds. The Balaban J connectivity index is 0.00000441. The van der Waals surface area contributed by atoms with Gasteiger partial charge in [-0.2, -0.15) is 0 Å². The molecule has 126 valence electrons. The number of aryl methyl sites for hydroxylation is 1. The molecule has 1 rings (SSSR count). The van der Waals surface area contributed by atoms with E-state index in [9.17, 15) is 0 Å². The molecule has 0 spiro atoms. The third-order valence-corrected chi connectivity index (χ3v) is 3.28. The molecule has 0 unspecified atom stereocenters. The van der Waals surface area contributed by atoms with Crippen molar-refractivity contribution >= 4 is 29.9 Å². The average molecular weight is 419 g/mol. The summed E-state index contributed by atoms with van der Waals surface area (Å²) in [7, 11) is 2.08. The molecule has 1 aromatic rings. The van der Waals surface area contributed by atoms with Crippen molar-refractivity contribution < 1.29 is 4.74 Å². The van der Waals surface area contributed by atoms with Crippen LogP contribution in [0.25, 0.3) is 0 Å². The van der Waals surface area contributed by atoms with E-state index in [1.54, 1.807) is 0 Å². The highest BCUT2D eigenvalue weighted by molar-refractivity contribution is 14.0. The van der Waals surface area contributed by atoms with Crippen LogP contribution in [-0.2, 0) is 11.3 Å². The van der Waals surface area contributed by atoms with Gasteiger partial charge in [-0.3, -0.25) is 4.99 Å². The molecule has 0 aliphatic rings. The van der Waals surface area contributed by atoms with Crippen molar-refractivity contribution in [1.29, 1.82) is 0 Å². The van der Waals surface area contributed by atoms with Crippen molar-refractivity contribution in [2.45, 2.75) is 33.7 Å². The molecule has 1 N–H and O–H groups in total. The first-order chi connectivity index (χ1) is 10.2. The molecule has 0 radical (unpaired) electrons. The quantitative estimate of drug-likeness (QED) is 0.304. The van der Waals surface area contributed by atoms with E-state index in [0.29, 0.717) is 0 Å². The normalized spacial score (nSPS) is 11.0. The van der Waals surface area contributed by atoms with E-state index in [1.807, 2.05) is 6.92 Å². The Kier molecular flexibility index (Phi) is 12.2. The van der Waals surface area contributed by atoms with Gasteiger partial charge in [0, 0.05) is 39.9 Å². The minimum Gasteiger partial charge on any atom is -0.382 e. The lowest BCUT2D eigenvalue weighted by Crippen LogP contribution is -2.38. The summed E-state index contributed by atoms with van der Waals surface area (Å²) >= 11 is 0. The number of hydrogen-bond donors (Lipinski definition) is 1. The number of halogens is 1. The fraction of sp³-hybridized carbons (Fsp3) is 0.588. The zero-order chi connectivity index (χ0) is 15.5. The zero-order valence-electron chi connectivity index (χ0n) is 14.3. The lowest BCUT2D eigenvalue weighted by molar-refractivity contribution is 0.146. The Labute approximate surface area is 152 Å². The number of aliphatic imine (C=N–C) groups is 1. The van der Waals surface area contributed by atoms with Crippen molar-refractivity contribution in [1.82, 2.24) is 10.2 Å². The predicted molar refractivity (Wildman–Crippen MR) is 105 cm³/mol. The van der Waals surface area contributed by atoms with E-state index < -0.39 is 0 Å². The molecule has 0 aliphatic heterocycles. The molecule has 0 fully saturated rings. The molecule has 1 aromatic carbocycles. The summed E-state index contributed by atoms with van der Waals surface area (Å²) in [6.07, 6.45) is 0.959. The van der Waals surface area contributed by atoms with Gasteiger partial charge in [0.2, 0.25) is 0 Å². The number of nitrogens with one attached hydrogen (secondary N) is 1. The van der Waals surface area contributed by atoms with Gasteiger partial charge in [-0.05, 0) is 38.3 Å². The summed E-state index contributed by atoms with van der Waals surface area (Å²) in [6, 6.07) is 8.48. The maximum Gasteiger partial charge on any atom is 0.193 e. The zero-order valence-corrected chi connectivity index (χ0v) is 16.6. The van der Waals surface area contributed by atoms with Gasteiger partial charge in [0.15, 0.2) is 5.96 Å². The topological polar surface area (TPSA) is 36.9 Å². The van der Waals surface area contributed by atoms with Crippen LogP contribution < -0.4 is 5.32 Å². The number of benzene rings is 1. The van der Waals surface area contributed by atoms with Crippen LogP contribution in [0.1, 0.15) is 31.4 Å². The molecule has 22 heavy (non-hydrogen) atoms. The third-order valence-electron chi connectivity index (χ3n) is 3.28.